The van der Waals surface area contributed by atoms with Gasteiger partial charge in [-0.05, 0) is 34.6 Å². The summed E-state index contributed by atoms with van der Waals surface area (Å²) in [5.41, 5.74) is 1.32. The van der Waals surface area contributed by atoms with Crippen LogP contribution in [0.3, 0.4) is 0 Å². The van der Waals surface area contributed by atoms with E-state index < -0.39 is 7.32 Å². The molecule has 0 saturated carbocycles. The van der Waals surface area contributed by atoms with Crippen molar-refractivity contribution in [1.29, 1.82) is 0 Å². The summed E-state index contributed by atoms with van der Waals surface area (Å²) in [5.74, 6) is 0. The Balaban J connectivity index is 0.000000318. The molecule has 0 aliphatic heterocycles. The van der Waals surface area contributed by atoms with Crippen molar-refractivity contribution in [2.75, 3.05) is 0 Å². The van der Waals surface area contributed by atoms with Crippen LogP contribution in [0.15, 0.2) is 30.3 Å². The summed E-state index contributed by atoms with van der Waals surface area (Å²) in [6.07, 6.45) is -0.0116. The second-order valence-corrected chi connectivity index (χ2v) is 4.33. The summed E-state index contributed by atoms with van der Waals surface area (Å²) in [5, 5.41) is 8.95. The Bertz CT molecular complexity index is 265. The fraction of sp³-hybridized carbons (Fsp3) is 0.538. The van der Waals surface area contributed by atoms with Crippen LogP contribution in [0.4, 0.5) is 0 Å². The van der Waals surface area contributed by atoms with Crippen LogP contribution in [0.1, 0.15) is 33.3 Å². The van der Waals surface area contributed by atoms with Gasteiger partial charge in [-0.1, -0.05) is 35.9 Å². The Hall–Kier alpha value is -0.835. The molecule has 17 heavy (non-hydrogen) atoms. The van der Waals surface area contributed by atoms with Gasteiger partial charge < -0.3 is 14.3 Å². The van der Waals surface area contributed by atoms with Gasteiger partial charge in [-0.25, -0.2) is 0 Å². The van der Waals surface area contributed by atoms with Gasteiger partial charge in [-0.2, -0.15) is 0 Å². The average molecular weight is 238 g/mol. The number of benzene rings is 1. The molecule has 0 spiro atoms. The molecule has 1 aromatic rings. The summed E-state index contributed by atoms with van der Waals surface area (Å²) in [6.45, 7) is 9.44. The fourth-order valence-corrected chi connectivity index (χ4v) is 1.03. The first-order valence-electron chi connectivity index (χ1n) is 5.92. The molecule has 96 valence electrons. The summed E-state index contributed by atoms with van der Waals surface area (Å²) in [6, 6.07) is 10.3. The standard InChI is InChI=1S/C7H8.C6H15BO3/c1-7-5-3-2-4-6-7;1-5(2)9-7(8)10-6(3)4/h2-6H,1H3;5-6,8H,1-4H3. The van der Waals surface area contributed by atoms with E-state index in [4.69, 9.17) is 14.3 Å². The van der Waals surface area contributed by atoms with E-state index in [1.807, 2.05) is 45.9 Å². The van der Waals surface area contributed by atoms with E-state index in [2.05, 4.69) is 19.1 Å². The first-order valence-corrected chi connectivity index (χ1v) is 5.92. The van der Waals surface area contributed by atoms with E-state index in [9.17, 15) is 0 Å². The van der Waals surface area contributed by atoms with Crippen molar-refractivity contribution in [2.45, 2.75) is 46.8 Å². The van der Waals surface area contributed by atoms with Crippen molar-refractivity contribution in [1.82, 2.24) is 0 Å². The Labute approximate surface area is 105 Å². The van der Waals surface area contributed by atoms with Crippen molar-refractivity contribution in [2.24, 2.45) is 0 Å². The SMILES string of the molecule is CC(C)OB(O)OC(C)C.Cc1ccccc1. The Morgan fingerprint density at radius 3 is 1.59 bits per heavy atom. The number of hydrogen-bond donors (Lipinski definition) is 1. The van der Waals surface area contributed by atoms with Crippen molar-refractivity contribution in [3.05, 3.63) is 35.9 Å². The van der Waals surface area contributed by atoms with Crippen LogP contribution >= 0.6 is 0 Å². The van der Waals surface area contributed by atoms with E-state index in [0.717, 1.165) is 0 Å². The van der Waals surface area contributed by atoms with Gasteiger partial charge in [0.1, 0.15) is 0 Å². The maximum absolute atomic E-state index is 8.95. The van der Waals surface area contributed by atoms with E-state index in [1.165, 1.54) is 5.56 Å². The van der Waals surface area contributed by atoms with Crippen LogP contribution in [0.2, 0.25) is 0 Å². The van der Waals surface area contributed by atoms with Crippen molar-refractivity contribution in [3.63, 3.8) is 0 Å². The third-order valence-corrected chi connectivity index (χ3v) is 1.72. The maximum atomic E-state index is 8.95. The van der Waals surface area contributed by atoms with Crippen LogP contribution in [0.25, 0.3) is 0 Å². The molecule has 0 amide bonds. The molecule has 1 rings (SSSR count). The van der Waals surface area contributed by atoms with Crippen molar-refractivity contribution < 1.29 is 14.3 Å². The molecule has 0 aliphatic rings. The van der Waals surface area contributed by atoms with Crippen molar-refractivity contribution in [3.8, 4) is 0 Å². The third kappa shape index (κ3) is 11.4. The molecular formula is C13H23BO3. The van der Waals surface area contributed by atoms with Crippen LogP contribution < -0.4 is 0 Å². The Morgan fingerprint density at radius 1 is 0.941 bits per heavy atom. The average Bonchev–Trinajstić information content (AvgIpc) is 2.16. The second kappa shape index (κ2) is 9.22. The van der Waals surface area contributed by atoms with E-state index in [0.29, 0.717) is 0 Å². The normalized spacial score (nSPS) is 10.1. The molecule has 0 bridgehead atoms. The molecule has 0 unspecified atom stereocenters. The molecule has 0 fully saturated rings. The largest absolute Gasteiger partial charge is 0.637 e. The summed E-state index contributed by atoms with van der Waals surface area (Å²) in [7, 11) is -1.08. The van der Waals surface area contributed by atoms with Gasteiger partial charge in [0, 0.05) is 12.2 Å². The zero-order valence-corrected chi connectivity index (χ0v) is 11.4. The molecular weight excluding hydrogens is 215 g/mol. The van der Waals surface area contributed by atoms with Gasteiger partial charge in [0.2, 0.25) is 0 Å². The fourth-order valence-electron chi connectivity index (χ4n) is 1.03. The lowest BCUT2D eigenvalue weighted by molar-refractivity contribution is 0.0790. The monoisotopic (exact) mass is 238 g/mol. The molecule has 0 atom stereocenters. The van der Waals surface area contributed by atoms with Gasteiger partial charge in [0.05, 0.1) is 0 Å². The molecule has 0 radical (unpaired) electrons. The zero-order chi connectivity index (χ0) is 13.3. The number of hydrogen-bond acceptors (Lipinski definition) is 3. The molecule has 4 heteroatoms. The predicted molar refractivity (Wildman–Crippen MR) is 71.6 cm³/mol. The Kier molecular flexibility index (Phi) is 8.77. The maximum Gasteiger partial charge on any atom is 0.637 e. The van der Waals surface area contributed by atoms with Gasteiger partial charge in [-0.15, -0.1) is 0 Å². The third-order valence-electron chi connectivity index (χ3n) is 1.72. The lowest BCUT2D eigenvalue weighted by atomic mass is 10.2. The molecule has 0 aliphatic carbocycles. The van der Waals surface area contributed by atoms with Crippen LogP contribution in [-0.4, -0.2) is 24.6 Å². The van der Waals surface area contributed by atoms with Crippen molar-refractivity contribution >= 4 is 7.32 Å². The molecule has 0 heterocycles. The van der Waals surface area contributed by atoms with Gasteiger partial charge in [0.15, 0.2) is 0 Å². The van der Waals surface area contributed by atoms with Gasteiger partial charge in [-0.3, -0.25) is 0 Å². The topological polar surface area (TPSA) is 38.7 Å². The minimum atomic E-state index is -1.08. The molecule has 1 aromatic carbocycles. The van der Waals surface area contributed by atoms with Crippen LogP contribution in [0, 0.1) is 6.92 Å². The van der Waals surface area contributed by atoms with E-state index in [-0.39, 0.29) is 12.2 Å². The minimum Gasteiger partial charge on any atom is -0.402 e. The quantitative estimate of drug-likeness (QED) is 0.819. The van der Waals surface area contributed by atoms with Gasteiger partial charge in [0.25, 0.3) is 0 Å². The minimum absolute atomic E-state index is 0.00579. The number of aryl methyl sites for hydroxylation is 1. The van der Waals surface area contributed by atoms with Gasteiger partial charge >= 0.3 is 7.32 Å². The van der Waals surface area contributed by atoms with E-state index in [1.54, 1.807) is 0 Å². The summed E-state index contributed by atoms with van der Waals surface area (Å²) < 4.78 is 9.79. The van der Waals surface area contributed by atoms with Crippen LogP contribution in [0.5, 0.6) is 0 Å². The molecule has 0 aromatic heterocycles. The molecule has 1 N–H and O–H groups in total. The summed E-state index contributed by atoms with van der Waals surface area (Å²) >= 11 is 0. The zero-order valence-electron chi connectivity index (χ0n) is 11.4. The highest BCUT2D eigenvalue weighted by atomic mass is 16.7. The van der Waals surface area contributed by atoms with Crippen LogP contribution in [-0.2, 0) is 9.31 Å². The first kappa shape index (κ1) is 16.2. The first-order chi connectivity index (χ1) is 7.91. The molecule has 3 nitrogen and oxygen atoms in total. The second-order valence-electron chi connectivity index (χ2n) is 4.33. The van der Waals surface area contributed by atoms with E-state index >= 15 is 0 Å². The predicted octanol–water partition coefficient (Wildman–Crippen LogP) is 2.81. The smallest absolute Gasteiger partial charge is 0.402 e. The summed E-state index contributed by atoms with van der Waals surface area (Å²) in [4.78, 5) is 0. The Morgan fingerprint density at radius 2 is 1.35 bits per heavy atom. The molecule has 0 saturated heterocycles. The highest BCUT2D eigenvalue weighted by Gasteiger charge is 2.18. The highest BCUT2D eigenvalue weighted by Crippen LogP contribution is 1.96. The number of rotatable bonds is 4. The lowest BCUT2D eigenvalue weighted by Crippen LogP contribution is -2.29. The lowest BCUT2D eigenvalue weighted by Gasteiger charge is -2.13. The highest BCUT2D eigenvalue weighted by molar-refractivity contribution is 6.34.